The summed E-state index contributed by atoms with van der Waals surface area (Å²) in [6.45, 7) is 4.70. The Morgan fingerprint density at radius 2 is 1.68 bits per heavy atom. The summed E-state index contributed by atoms with van der Waals surface area (Å²) in [6.07, 6.45) is 1.77. The lowest BCUT2D eigenvalue weighted by atomic mass is 10.2. The molecule has 0 aliphatic heterocycles. The average molecular weight is 374 g/mol. The summed E-state index contributed by atoms with van der Waals surface area (Å²) < 4.78 is 5.78. The molecule has 0 aliphatic rings. The Kier molecular flexibility index (Phi) is 7.44. The van der Waals surface area contributed by atoms with Gasteiger partial charge in [0, 0.05) is 19.3 Å². The first kappa shape index (κ1) is 19.4. The number of nitrogens with zero attached hydrogens (tertiary/aromatic N) is 2. The molecule has 28 heavy (non-hydrogen) atoms. The highest BCUT2D eigenvalue weighted by Crippen LogP contribution is 2.13. The Labute approximate surface area is 166 Å². The fourth-order valence-electron chi connectivity index (χ4n) is 2.63. The van der Waals surface area contributed by atoms with Gasteiger partial charge in [-0.15, -0.1) is 0 Å². The first-order valence-corrected chi connectivity index (χ1v) is 9.51. The van der Waals surface area contributed by atoms with Crippen molar-refractivity contribution < 1.29 is 4.74 Å². The molecule has 0 atom stereocenters. The highest BCUT2D eigenvalue weighted by atomic mass is 16.5. The second-order valence-corrected chi connectivity index (χ2v) is 6.29. The summed E-state index contributed by atoms with van der Waals surface area (Å²) in [5.41, 5.74) is 3.27. The van der Waals surface area contributed by atoms with E-state index in [0.717, 1.165) is 29.5 Å². The first-order chi connectivity index (χ1) is 13.8. The van der Waals surface area contributed by atoms with Crippen LogP contribution >= 0.6 is 0 Å². The Morgan fingerprint density at radius 3 is 2.39 bits per heavy atom. The lowest BCUT2D eigenvalue weighted by molar-refractivity contribution is 0.301. The van der Waals surface area contributed by atoms with Gasteiger partial charge in [-0.1, -0.05) is 48.5 Å². The zero-order chi connectivity index (χ0) is 19.4. The van der Waals surface area contributed by atoms with E-state index in [-0.39, 0.29) is 0 Å². The molecule has 0 amide bonds. The zero-order valence-corrected chi connectivity index (χ0v) is 16.1. The molecule has 0 spiro atoms. The van der Waals surface area contributed by atoms with Crippen LogP contribution in [0, 0.1) is 0 Å². The van der Waals surface area contributed by atoms with Gasteiger partial charge in [-0.3, -0.25) is 4.98 Å². The molecule has 0 radical (unpaired) electrons. The minimum absolute atomic E-state index is 0.467. The number of rotatable bonds is 8. The number of ether oxygens (including phenoxy) is 1. The van der Waals surface area contributed by atoms with Gasteiger partial charge in [0.1, 0.15) is 12.4 Å². The Hall–Kier alpha value is -3.34. The van der Waals surface area contributed by atoms with E-state index in [1.807, 2.05) is 48.5 Å². The molecule has 144 valence electrons. The Balaban J connectivity index is 1.50. The monoisotopic (exact) mass is 374 g/mol. The van der Waals surface area contributed by atoms with Gasteiger partial charge in [-0.05, 0) is 42.3 Å². The van der Waals surface area contributed by atoms with Gasteiger partial charge < -0.3 is 15.4 Å². The van der Waals surface area contributed by atoms with Gasteiger partial charge in [0.25, 0.3) is 0 Å². The van der Waals surface area contributed by atoms with Crippen molar-refractivity contribution in [2.24, 2.45) is 4.99 Å². The van der Waals surface area contributed by atoms with Crippen LogP contribution in [0.4, 0.5) is 0 Å². The topological polar surface area (TPSA) is 58.5 Å². The zero-order valence-electron chi connectivity index (χ0n) is 16.1. The van der Waals surface area contributed by atoms with Gasteiger partial charge in [0.05, 0.1) is 12.2 Å². The molecule has 1 aromatic heterocycles. The van der Waals surface area contributed by atoms with E-state index in [9.17, 15) is 0 Å². The molecule has 0 aliphatic carbocycles. The molecule has 5 heteroatoms. The second kappa shape index (κ2) is 10.7. The van der Waals surface area contributed by atoms with E-state index in [4.69, 9.17) is 4.74 Å². The molecule has 0 saturated heterocycles. The maximum atomic E-state index is 5.78. The van der Waals surface area contributed by atoms with E-state index in [0.29, 0.717) is 19.7 Å². The number of benzene rings is 2. The molecule has 1 heterocycles. The third-order valence-corrected chi connectivity index (χ3v) is 4.10. The smallest absolute Gasteiger partial charge is 0.191 e. The number of pyridine rings is 1. The second-order valence-electron chi connectivity index (χ2n) is 6.29. The summed E-state index contributed by atoms with van der Waals surface area (Å²) in [6, 6.07) is 24.1. The van der Waals surface area contributed by atoms with Crippen LogP contribution in [0.25, 0.3) is 0 Å². The predicted molar refractivity (Wildman–Crippen MR) is 113 cm³/mol. The van der Waals surface area contributed by atoms with Crippen molar-refractivity contribution in [3.05, 3.63) is 95.8 Å². The molecule has 3 aromatic rings. The normalized spacial score (nSPS) is 11.1. The van der Waals surface area contributed by atoms with Crippen LogP contribution in [-0.2, 0) is 19.7 Å². The van der Waals surface area contributed by atoms with Crippen molar-refractivity contribution in [3.8, 4) is 5.75 Å². The molecule has 2 aromatic carbocycles. The van der Waals surface area contributed by atoms with Crippen LogP contribution in [-0.4, -0.2) is 17.5 Å². The molecule has 0 bridgehead atoms. The van der Waals surface area contributed by atoms with Gasteiger partial charge in [0.15, 0.2) is 5.96 Å². The Morgan fingerprint density at radius 1 is 0.893 bits per heavy atom. The highest BCUT2D eigenvalue weighted by molar-refractivity contribution is 5.79. The van der Waals surface area contributed by atoms with Crippen LogP contribution in [0.3, 0.4) is 0 Å². The summed E-state index contributed by atoms with van der Waals surface area (Å²) in [7, 11) is 0. The van der Waals surface area contributed by atoms with Crippen molar-refractivity contribution in [2.75, 3.05) is 6.54 Å². The summed E-state index contributed by atoms with van der Waals surface area (Å²) in [4.78, 5) is 8.90. The summed E-state index contributed by atoms with van der Waals surface area (Å²) in [5, 5.41) is 6.65. The maximum absolute atomic E-state index is 5.78. The van der Waals surface area contributed by atoms with E-state index in [1.54, 1.807) is 6.20 Å². The maximum Gasteiger partial charge on any atom is 0.191 e. The van der Waals surface area contributed by atoms with E-state index in [1.165, 1.54) is 5.56 Å². The number of hydrogen-bond acceptors (Lipinski definition) is 3. The van der Waals surface area contributed by atoms with Crippen molar-refractivity contribution in [1.29, 1.82) is 0 Å². The molecular weight excluding hydrogens is 348 g/mol. The number of hydrogen-bond donors (Lipinski definition) is 2. The third-order valence-electron chi connectivity index (χ3n) is 4.10. The van der Waals surface area contributed by atoms with Gasteiger partial charge in [-0.2, -0.15) is 0 Å². The Bertz CT molecular complexity index is 849. The molecule has 0 fully saturated rings. The largest absolute Gasteiger partial charge is 0.487 e. The van der Waals surface area contributed by atoms with E-state index in [2.05, 4.69) is 51.8 Å². The molecule has 2 N–H and O–H groups in total. The van der Waals surface area contributed by atoms with E-state index < -0.39 is 0 Å². The van der Waals surface area contributed by atoms with Gasteiger partial charge in [-0.25, -0.2) is 4.99 Å². The van der Waals surface area contributed by atoms with Crippen LogP contribution in [0.5, 0.6) is 5.75 Å². The van der Waals surface area contributed by atoms with Crippen molar-refractivity contribution in [2.45, 2.75) is 26.6 Å². The molecule has 5 nitrogen and oxygen atoms in total. The van der Waals surface area contributed by atoms with Crippen LogP contribution < -0.4 is 15.4 Å². The SMILES string of the molecule is CCNC(=NCc1ccccc1)NCc1ccc(OCc2ccccn2)cc1. The number of aliphatic imine (C=N–C) groups is 1. The van der Waals surface area contributed by atoms with Gasteiger partial charge >= 0.3 is 0 Å². The lowest BCUT2D eigenvalue weighted by Crippen LogP contribution is -2.36. The van der Waals surface area contributed by atoms with Crippen LogP contribution in [0.2, 0.25) is 0 Å². The average Bonchev–Trinajstić information content (AvgIpc) is 2.76. The molecule has 0 saturated carbocycles. The van der Waals surface area contributed by atoms with Crippen LogP contribution in [0.15, 0.2) is 84.0 Å². The van der Waals surface area contributed by atoms with Gasteiger partial charge in [0.2, 0.25) is 0 Å². The fourth-order valence-corrected chi connectivity index (χ4v) is 2.63. The minimum atomic E-state index is 0.467. The van der Waals surface area contributed by atoms with Crippen molar-refractivity contribution in [1.82, 2.24) is 15.6 Å². The lowest BCUT2D eigenvalue weighted by Gasteiger charge is -2.12. The number of aromatic nitrogens is 1. The summed E-state index contributed by atoms with van der Waals surface area (Å²) in [5.74, 6) is 1.64. The predicted octanol–water partition coefficient (Wildman–Crippen LogP) is 3.92. The standard InChI is InChI=1S/C23H26N4O/c1-2-24-23(26-16-19-8-4-3-5-9-19)27-17-20-11-13-22(14-12-20)28-18-21-10-6-7-15-25-21/h3-15H,2,16-18H2,1H3,(H2,24,26,27). The van der Waals surface area contributed by atoms with Crippen molar-refractivity contribution in [3.63, 3.8) is 0 Å². The fraction of sp³-hybridized carbons (Fsp3) is 0.217. The van der Waals surface area contributed by atoms with Crippen LogP contribution in [0.1, 0.15) is 23.7 Å². The minimum Gasteiger partial charge on any atom is -0.487 e. The quantitative estimate of drug-likeness (QED) is 0.464. The first-order valence-electron chi connectivity index (χ1n) is 9.51. The summed E-state index contributed by atoms with van der Waals surface area (Å²) >= 11 is 0. The number of nitrogens with one attached hydrogen (secondary N) is 2. The highest BCUT2D eigenvalue weighted by Gasteiger charge is 2.01. The third kappa shape index (κ3) is 6.43. The van der Waals surface area contributed by atoms with E-state index >= 15 is 0 Å². The molecular formula is C23H26N4O. The van der Waals surface area contributed by atoms with Crippen molar-refractivity contribution >= 4 is 5.96 Å². The number of guanidine groups is 1. The molecule has 3 rings (SSSR count). The molecule has 0 unspecified atom stereocenters.